The van der Waals surface area contributed by atoms with Crippen LogP contribution in [0.15, 0.2) is 48.5 Å². The van der Waals surface area contributed by atoms with Crippen LogP contribution in [0.3, 0.4) is 0 Å². The fraction of sp³-hybridized carbons (Fsp3) is 0.316. The molecule has 2 N–H and O–H groups in total. The summed E-state index contributed by atoms with van der Waals surface area (Å²) in [7, 11) is -0.342. The van der Waals surface area contributed by atoms with E-state index in [4.69, 9.17) is 9.47 Å². The van der Waals surface area contributed by atoms with Crippen molar-refractivity contribution in [3.8, 4) is 11.5 Å². The van der Waals surface area contributed by atoms with E-state index in [9.17, 15) is 13.2 Å². The van der Waals surface area contributed by atoms with E-state index in [-0.39, 0.29) is 24.7 Å². The number of methoxy groups -OCH3 is 1. The highest BCUT2D eigenvalue weighted by Gasteiger charge is 2.09. The Bertz CT molecular complexity index is 851. The van der Waals surface area contributed by atoms with Gasteiger partial charge in [0.05, 0.1) is 25.9 Å². The molecule has 0 radical (unpaired) electrons. The summed E-state index contributed by atoms with van der Waals surface area (Å²) in [5.41, 5.74) is 1.57. The predicted octanol–water partition coefficient (Wildman–Crippen LogP) is 1.83. The zero-order valence-corrected chi connectivity index (χ0v) is 16.2. The van der Waals surface area contributed by atoms with Crippen LogP contribution >= 0.6 is 0 Å². The molecule has 0 aliphatic carbocycles. The van der Waals surface area contributed by atoms with Gasteiger partial charge in [-0.25, -0.2) is 13.1 Å². The minimum Gasteiger partial charge on any atom is -0.493 e. The van der Waals surface area contributed by atoms with Crippen molar-refractivity contribution in [2.24, 2.45) is 0 Å². The van der Waals surface area contributed by atoms with Gasteiger partial charge < -0.3 is 14.8 Å². The van der Waals surface area contributed by atoms with Crippen LogP contribution in [-0.4, -0.2) is 35.1 Å². The number of ether oxygens (including phenoxy) is 2. The maximum absolute atomic E-state index is 11.9. The summed E-state index contributed by atoms with van der Waals surface area (Å²) >= 11 is 0. The lowest BCUT2D eigenvalue weighted by atomic mass is 10.1. The van der Waals surface area contributed by atoms with Crippen LogP contribution < -0.4 is 19.5 Å². The second-order valence-corrected chi connectivity index (χ2v) is 7.73. The van der Waals surface area contributed by atoms with E-state index in [2.05, 4.69) is 10.0 Å². The average Bonchev–Trinajstić information content (AvgIpc) is 2.67. The van der Waals surface area contributed by atoms with Gasteiger partial charge in [-0.3, -0.25) is 4.79 Å². The fourth-order valence-corrected chi connectivity index (χ4v) is 3.10. The van der Waals surface area contributed by atoms with Gasteiger partial charge in [-0.05, 0) is 30.3 Å². The van der Waals surface area contributed by atoms with Gasteiger partial charge in [-0.1, -0.05) is 36.4 Å². The van der Waals surface area contributed by atoms with Gasteiger partial charge in [0.2, 0.25) is 15.9 Å². The lowest BCUT2D eigenvalue weighted by Gasteiger charge is -2.10. The molecule has 2 aromatic carbocycles. The minimum atomic E-state index is -3.29. The molecule has 0 saturated heterocycles. The van der Waals surface area contributed by atoms with Crippen molar-refractivity contribution in [3.63, 3.8) is 0 Å². The molecule has 0 aliphatic rings. The number of carbonyl (C=O) groups excluding carboxylic acids is 1. The highest BCUT2D eigenvalue weighted by Crippen LogP contribution is 2.25. The maximum atomic E-state index is 11.9. The first-order chi connectivity index (χ1) is 12.9. The van der Waals surface area contributed by atoms with E-state index in [1.165, 1.54) is 7.05 Å². The first kappa shape index (κ1) is 20.7. The molecule has 0 heterocycles. The molecule has 0 saturated carbocycles. The van der Waals surface area contributed by atoms with Crippen LogP contribution in [0, 0.1) is 0 Å². The normalized spacial score (nSPS) is 11.0. The van der Waals surface area contributed by atoms with E-state index in [0.29, 0.717) is 23.6 Å². The number of rotatable bonds is 10. The third kappa shape index (κ3) is 6.92. The Balaban J connectivity index is 1.75. The summed E-state index contributed by atoms with van der Waals surface area (Å²) in [6, 6.07) is 14.3. The van der Waals surface area contributed by atoms with Gasteiger partial charge in [-0.15, -0.1) is 0 Å². The molecule has 0 aliphatic heterocycles. The highest BCUT2D eigenvalue weighted by atomic mass is 32.2. The van der Waals surface area contributed by atoms with Gasteiger partial charge >= 0.3 is 0 Å². The number of amides is 1. The molecule has 2 aromatic rings. The van der Waals surface area contributed by atoms with Crippen LogP contribution in [0.2, 0.25) is 0 Å². The molecule has 7 nitrogen and oxygen atoms in total. The maximum Gasteiger partial charge on any atom is 0.223 e. The van der Waals surface area contributed by atoms with Crippen molar-refractivity contribution in [2.75, 3.05) is 20.8 Å². The van der Waals surface area contributed by atoms with Crippen molar-refractivity contribution in [1.29, 1.82) is 0 Å². The Morgan fingerprint density at radius 2 is 1.63 bits per heavy atom. The van der Waals surface area contributed by atoms with E-state index < -0.39 is 10.0 Å². The van der Waals surface area contributed by atoms with E-state index in [1.807, 2.05) is 12.1 Å². The van der Waals surface area contributed by atoms with Crippen LogP contribution in [0.4, 0.5) is 0 Å². The van der Waals surface area contributed by atoms with Crippen molar-refractivity contribution in [1.82, 2.24) is 10.0 Å². The molecule has 8 heteroatoms. The monoisotopic (exact) mass is 392 g/mol. The Kier molecular flexibility index (Phi) is 7.63. The minimum absolute atomic E-state index is 0.0730. The molecule has 2 rings (SSSR count). The summed E-state index contributed by atoms with van der Waals surface area (Å²) in [6.45, 7) is 0.611. The van der Waals surface area contributed by atoms with Crippen LogP contribution in [0.25, 0.3) is 0 Å². The summed E-state index contributed by atoms with van der Waals surface area (Å²) < 4.78 is 36.1. The molecular weight excluding hydrogens is 368 g/mol. The summed E-state index contributed by atoms with van der Waals surface area (Å²) in [5.74, 6) is 1.01. The number of hydrogen-bond donors (Lipinski definition) is 2. The molecule has 27 heavy (non-hydrogen) atoms. The molecule has 0 fully saturated rings. The fourth-order valence-electron chi connectivity index (χ4n) is 2.33. The molecule has 146 valence electrons. The first-order valence-electron chi connectivity index (χ1n) is 8.45. The SMILES string of the molecule is CNS(=O)(=O)Cc1ccc(CNC(=O)CCOc2ccccc2OC)cc1. The summed E-state index contributed by atoms with van der Waals surface area (Å²) in [6.07, 6.45) is 0.219. The molecule has 1 amide bonds. The molecule has 0 spiro atoms. The van der Waals surface area contributed by atoms with Gasteiger partial charge in [0.25, 0.3) is 0 Å². The third-order valence-corrected chi connectivity index (χ3v) is 5.17. The smallest absolute Gasteiger partial charge is 0.223 e. The van der Waals surface area contributed by atoms with Gasteiger partial charge in [-0.2, -0.15) is 0 Å². The number of nitrogens with one attached hydrogen (secondary N) is 2. The first-order valence-corrected chi connectivity index (χ1v) is 10.1. The zero-order chi connectivity index (χ0) is 19.7. The second kappa shape index (κ2) is 9.94. The Morgan fingerprint density at radius 3 is 2.26 bits per heavy atom. The summed E-state index contributed by atoms with van der Waals surface area (Å²) in [4.78, 5) is 11.9. The van der Waals surface area contributed by atoms with Gasteiger partial charge in [0.1, 0.15) is 0 Å². The van der Waals surface area contributed by atoms with Gasteiger partial charge in [0.15, 0.2) is 11.5 Å². The molecule has 0 unspecified atom stereocenters. The Morgan fingerprint density at radius 1 is 1.00 bits per heavy atom. The lowest BCUT2D eigenvalue weighted by molar-refractivity contribution is -0.121. The number of hydrogen-bond acceptors (Lipinski definition) is 5. The number of carbonyl (C=O) groups is 1. The Labute approximate surface area is 159 Å². The van der Waals surface area contributed by atoms with E-state index in [1.54, 1.807) is 43.5 Å². The Hall–Kier alpha value is -2.58. The highest BCUT2D eigenvalue weighted by molar-refractivity contribution is 7.88. The lowest BCUT2D eigenvalue weighted by Crippen LogP contribution is -2.24. The largest absolute Gasteiger partial charge is 0.493 e. The van der Waals surface area contributed by atoms with E-state index in [0.717, 1.165) is 5.56 Å². The van der Waals surface area contributed by atoms with Crippen molar-refractivity contribution in [3.05, 3.63) is 59.7 Å². The zero-order valence-electron chi connectivity index (χ0n) is 15.4. The quantitative estimate of drug-likeness (QED) is 0.643. The number of para-hydroxylation sites is 2. The van der Waals surface area contributed by atoms with Crippen molar-refractivity contribution >= 4 is 15.9 Å². The average molecular weight is 392 g/mol. The van der Waals surface area contributed by atoms with E-state index >= 15 is 0 Å². The van der Waals surface area contributed by atoms with Crippen molar-refractivity contribution in [2.45, 2.75) is 18.7 Å². The third-order valence-electron chi connectivity index (χ3n) is 3.84. The van der Waals surface area contributed by atoms with Crippen LogP contribution in [0.1, 0.15) is 17.5 Å². The van der Waals surface area contributed by atoms with Crippen LogP contribution in [-0.2, 0) is 27.1 Å². The molecule has 0 aromatic heterocycles. The topological polar surface area (TPSA) is 93.7 Å². The number of sulfonamides is 1. The second-order valence-electron chi connectivity index (χ2n) is 5.81. The number of benzene rings is 2. The molecular formula is C19H24N2O5S. The van der Waals surface area contributed by atoms with Crippen molar-refractivity contribution < 1.29 is 22.7 Å². The standard InChI is InChI=1S/C19H24N2O5S/c1-20-27(23,24)14-16-9-7-15(8-10-16)13-21-19(22)11-12-26-18-6-4-3-5-17(18)25-2/h3-10,20H,11-14H2,1-2H3,(H,21,22). The molecule has 0 bridgehead atoms. The van der Waals surface area contributed by atoms with Crippen LogP contribution in [0.5, 0.6) is 11.5 Å². The molecule has 0 atom stereocenters. The van der Waals surface area contributed by atoms with Gasteiger partial charge in [0, 0.05) is 6.54 Å². The summed E-state index contributed by atoms with van der Waals surface area (Å²) in [5, 5.41) is 2.81. The predicted molar refractivity (Wildman–Crippen MR) is 103 cm³/mol.